The number of Topliss-reactive ketones (excluding diaryl/α,β-unsaturated/α-hetero) is 1. The minimum atomic E-state index is -1.28. The van der Waals surface area contributed by atoms with Crippen LogP contribution in [0.5, 0.6) is 0 Å². The fraction of sp³-hybridized carbons (Fsp3) is 0.176. The van der Waals surface area contributed by atoms with Crippen molar-refractivity contribution in [3.63, 3.8) is 0 Å². The predicted octanol–water partition coefficient (Wildman–Crippen LogP) is 4.41. The molecule has 1 aliphatic rings. The molecule has 1 unspecified atom stereocenters. The van der Waals surface area contributed by atoms with Gasteiger partial charge in [-0.25, -0.2) is 0 Å². The molecule has 0 spiro atoms. The minimum Gasteiger partial charge on any atom is -0.446 e. The molecule has 0 amide bonds. The molecular weight excluding hydrogens is 323 g/mol. The van der Waals surface area contributed by atoms with Crippen molar-refractivity contribution in [2.45, 2.75) is 18.4 Å². The van der Waals surface area contributed by atoms with Gasteiger partial charge in [0, 0.05) is 27.6 Å². The highest BCUT2D eigenvalue weighted by molar-refractivity contribution is 6.31. The zero-order valence-electron chi connectivity index (χ0n) is 11.5. The van der Waals surface area contributed by atoms with Crippen LogP contribution in [0.25, 0.3) is 0 Å². The lowest BCUT2D eigenvalue weighted by Gasteiger charge is -2.26. The standard InChI is InChI=1S/C17H12Cl2O3/c18-13-5-1-11(2-6-13)16(21)17(10-9-15(20)22-17)12-3-7-14(19)8-4-12/h1-8H,9-10H2. The maximum Gasteiger partial charge on any atom is 0.307 e. The number of cyclic esters (lactones) is 1. The smallest absolute Gasteiger partial charge is 0.307 e. The number of halogens is 2. The van der Waals surface area contributed by atoms with Crippen molar-refractivity contribution in [3.8, 4) is 0 Å². The number of carbonyl (C=O) groups excluding carboxylic acids is 2. The van der Waals surface area contributed by atoms with E-state index in [4.69, 9.17) is 27.9 Å². The molecule has 1 atom stereocenters. The van der Waals surface area contributed by atoms with E-state index in [2.05, 4.69) is 0 Å². The maximum absolute atomic E-state index is 13.0. The lowest BCUT2D eigenvalue weighted by molar-refractivity contribution is -0.146. The molecular formula is C17H12Cl2O3. The van der Waals surface area contributed by atoms with Crippen molar-refractivity contribution in [2.24, 2.45) is 0 Å². The molecule has 1 fully saturated rings. The normalized spacial score (nSPS) is 20.7. The zero-order valence-corrected chi connectivity index (χ0v) is 13.0. The van der Waals surface area contributed by atoms with Gasteiger partial charge in [0.1, 0.15) is 0 Å². The molecule has 3 nitrogen and oxygen atoms in total. The van der Waals surface area contributed by atoms with Gasteiger partial charge in [-0.2, -0.15) is 0 Å². The van der Waals surface area contributed by atoms with Gasteiger partial charge in [-0.1, -0.05) is 35.3 Å². The van der Waals surface area contributed by atoms with Gasteiger partial charge in [-0.15, -0.1) is 0 Å². The maximum atomic E-state index is 13.0. The minimum absolute atomic E-state index is 0.210. The molecule has 0 radical (unpaired) electrons. The summed E-state index contributed by atoms with van der Waals surface area (Å²) in [4.78, 5) is 24.6. The van der Waals surface area contributed by atoms with Crippen LogP contribution >= 0.6 is 23.2 Å². The largest absolute Gasteiger partial charge is 0.446 e. The molecule has 1 saturated heterocycles. The van der Waals surface area contributed by atoms with Crippen molar-refractivity contribution in [1.82, 2.24) is 0 Å². The summed E-state index contributed by atoms with van der Waals surface area (Å²) in [5, 5.41) is 1.10. The van der Waals surface area contributed by atoms with E-state index in [9.17, 15) is 9.59 Å². The number of ketones is 1. The van der Waals surface area contributed by atoms with E-state index in [1.54, 1.807) is 48.5 Å². The van der Waals surface area contributed by atoms with Crippen molar-refractivity contribution in [3.05, 3.63) is 69.7 Å². The van der Waals surface area contributed by atoms with Gasteiger partial charge in [-0.05, 0) is 36.4 Å². The van der Waals surface area contributed by atoms with E-state index >= 15 is 0 Å². The van der Waals surface area contributed by atoms with Crippen LogP contribution in [0, 0.1) is 0 Å². The van der Waals surface area contributed by atoms with Crippen molar-refractivity contribution >= 4 is 35.0 Å². The van der Waals surface area contributed by atoms with Gasteiger partial charge in [0.15, 0.2) is 5.60 Å². The molecule has 0 N–H and O–H groups in total. The zero-order chi connectivity index (χ0) is 15.7. The number of hydrogen-bond acceptors (Lipinski definition) is 3. The fourth-order valence-corrected chi connectivity index (χ4v) is 2.87. The first kappa shape index (κ1) is 15.1. The molecule has 5 heteroatoms. The van der Waals surface area contributed by atoms with Crippen molar-refractivity contribution < 1.29 is 14.3 Å². The Hall–Kier alpha value is -1.84. The van der Waals surface area contributed by atoms with Crippen LogP contribution in [-0.4, -0.2) is 11.8 Å². The quantitative estimate of drug-likeness (QED) is 0.616. The van der Waals surface area contributed by atoms with E-state index in [0.29, 0.717) is 27.6 Å². The number of benzene rings is 2. The second-order valence-corrected chi connectivity index (χ2v) is 6.02. The van der Waals surface area contributed by atoms with E-state index in [0.717, 1.165) is 0 Å². The highest BCUT2D eigenvalue weighted by Crippen LogP contribution is 2.40. The molecule has 0 bridgehead atoms. The fourth-order valence-electron chi connectivity index (χ4n) is 2.62. The van der Waals surface area contributed by atoms with Crippen LogP contribution in [0.15, 0.2) is 48.5 Å². The van der Waals surface area contributed by atoms with E-state index in [-0.39, 0.29) is 18.2 Å². The van der Waals surface area contributed by atoms with Crippen LogP contribution in [0.3, 0.4) is 0 Å². The molecule has 0 aromatic heterocycles. The molecule has 2 aromatic carbocycles. The van der Waals surface area contributed by atoms with E-state index in [1.165, 1.54) is 0 Å². The first-order chi connectivity index (χ1) is 10.5. The molecule has 3 rings (SSSR count). The van der Waals surface area contributed by atoms with Gasteiger partial charge in [0.05, 0.1) is 6.42 Å². The summed E-state index contributed by atoms with van der Waals surface area (Å²) in [6.07, 6.45) is 0.525. The number of rotatable bonds is 3. The van der Waals surface area contributed by atoms with E-state index in [1.807, 2.05) is 0 Å². The lowest BCUT2D eigenvalue weighted by atomic mass is 9.83. The van der Waals surface area contributed by atoms with Crippen molar-refractivity contribution in [2.75, 3.05) is 0 Å². The summed E-state index contributed by atoms with van der Waals surface area (Å²) >= 11 is 11.8. The monoisotopic (exact) mass is 334 g/mol. The van der Waals surface area contributed by atoms with Crippen LogP contribution < -0.4 is 0 Å². The highest BCUT2D eigenvalue weighted by atomic mass is 35.5. The third kappa shape index (κ3) is 2.62. The van der Waals surface area contributed by atoms with Gasteiger partial charge in [0.25, 0.3) is 0 Å². The van der Waals surface area contributed by atoms with Gasteiger partial charge >= 0.3 is 5.97 Å². The van der Waals surface area contributed by atoms with Crippen LogP contribution in [0.2, 0.25) is 10.0 Å². The summed E-state index contributed by atoms with van der Waals surface area (Å²) in [5.41, 5.74) is -0.202. The number of ether oxygens (including phenoxy) is 1. The second kappa shape index (κ2) is 5.75. The summed E-state index contributed by atoms with van der Waals surface area (Å²) in [5.74, 6) is -0.630. The third-order valence-electron chi connectivity index (χ3n) is 3.75. The Morgan fingerprint density at radius 3 is 2.00 bits per heavy atom. The Kier molecular flexibility index (Phi) is 3.94. The SMILES string of the molecule is O=C1CCC(C(=O)c2ccc(Cl)cc2)(c2ccc(Cl)cc2)O1. The Morgan fingerprint density at radius 2 is 1.50 bits per heavy atom. The molecule has 1 aliphatic heterocycles. The summed E-state index contributed by atoms with van der Waals surface area (Å²) in [6.45, 7) is 0. The van der Waals surface area contributed by atoms with E-state index < -0.39 is 5.60 Å². The van der Waals surface area contributed by atoms with Crippen LogP contribution in [-0.2, 0) is 15.1 Å². The summed E-state index contributed by atoms with van der Waals surface area (Å²) in [7, 11) is 0. The average Bonchev–Trinajstić information content (AvgIpc) is 2.91. The number of carbonyl (C=O) groups is 2. The summed E-state index contributed by atoms with van der Waals surface area (Å²) < 4.78 is 5.46. The highest BCUT2D eigenvalue weighted by Gasteiger charge is 2.48. The molecule has 2 aromatic rings. The Morgan fingerprint density at radius 1 is 0.955 bits per heavy atom. The Bertz CT molecular complexity index is 723. The first-order valence-electron chi connectivity index (χ1n) is 6.79. The topological polar surface area (TPSA) is 43.4 Å². The summed E-state index contributed by atoms with van der Waals surface area (Å²) in [6, 6.07) is 13.3. The predicted molar refractivity (Wildman–Crippen MR) is 84.2 cm³/mol. The van der Waals surface area contributed by atoms with Gasteiger partial charge in [-0.3, -0.25) is 9.59 Å². The molecule has 1 heterocycles. The first-order valence-corrected chi connectivity index (χ1v) is 7.55. The Labute approximate surface area is 137 Å². The average molecular weight is 335 g/mol. The number of hydrogen-bond donors (Lipinski definition) is 0. The van der Waals surface area contributed by atoms with Crippen LogP contribution in [0.1, 0.15) is 28.8 Å². The third-order valence-corrected chi connectivity index (χ3v) is 4.26. The van der Waals surface area contributed by atoms with Crippen LogP contribution in [0.4, 0.5) is 0 Å². The number of esters is 1. The molecule has 22 heavy (non-hydrogen) atoms. The molecule has 0 aliphatic carbocycles. The van der Waals surface area contributed by atoms with Crippen molar-refractivity contribution in [1.29, 1.82) is 0 Å². The lowest BCUT2D eigenvalue weighted by Crippen LogP contribution is -2.35. The second-order valence-electron chi connectivity index (χ2n) is 5.14. The van der Waals surface area contributed by atoms with Gasteiger partial charge < -0.3 is 4.74 Å². The Balaban J connectivity index is 2.06. The molecule has 112 valence electrons. The van der Waals surface area contributed by atoms with Gasteiger partial charge in [0.2, 0.25) is 5.78 Å². The molecule has 0 saturated carbocycles.